The molecule has 41 heavy (non-hydrogen) atoms. The highest BCUT2D eigenvalue weighted by Crippen LogP contribution is 2.55. The Morgan fingerprint density at radius 3 is 2.29 bits per heavy atom. The molecule has 5 rings (SSSR count). The zero-order chi connectivity index (χ0) is 29.7. The Morgan fingerprint density at radius 1 is 1.07 bits per heavy atom. The number of nitrogens with two attached hydrogens (primary N) is 2. The Morgan fingerprint density at radius 2 is 1.73 bits per heavy atom. The van der Waals surface area contributed by atoms with Crippen LogP contribution in [0.1, 0.15) is 29.9 Å². The Hall–Kier alpha value is -3.80. The van der Waals surface area contributed by atoms with Crippen molar-refractivity contribution in [3.8, 4) is 16.8 Å². The number of benzene rings is 3. The van der Waals surface area contributed by atoms with Gasteiger partial charge in [-0.3, -0.25) is 5.01 Å². The second-order valence-corrected chi connectivity index (χ2v) is 12.5. The molecule has 1 fully saturated rings. The minimum atomic E-state index is -4.64. The maximum atomic E-state index is 13.5. The second-order valence-electron chi connectivity index (χ2n) is 10.1. The normalized spacial score (nSPS) is 15.1. The zero-order valence-electron chi connectivity index (χ0n) is 22.2. The average molecular weight is 602 g/mol. The van der Waals surface area contributed by atoms with Crippen LogP contribution in [0.2, 0.25) is 5.02 Å². The Kier molecular flexibility index (Phi) is 7.17. The van der Waals surface area contributed by atoms with Crippen LogP contribution in [0, 0.1) is 6.92 Å². The van der Waals surface area contributed by atoms with Crippen molar-refractivity contribution >= 4 is 27.1 Å². The van der Waals surface area contributed by atoms with Gasteiger partial charge < -0.3 is 10.3 Å². The average Bonchev–Trinajstić information content (AvgIpc) is 3.62. The van der Waals surface area contributed by atoms with E-state index in [2.05, 4.69) is 4.98 Å². The number of aryl methyl sites for hydroxylation is 1. The predicted molar refractivity (Wildman–Crippen MR) is 153 cm³/mol. The summed E-state index contributed by atoms with van der Waals surface area (Å²) in [6.45, 7) is 1.47. The highest BCUT2D eigenvalue weighted by molar-refractivity contribution is 7.90. The summed E-state index contributed by atoms with van der Waals surface area (Å²) in [6, 6.07) is 18.8. The molecule has 3 aromatic carbocycles. The number of anilines is 1. The molecule has 4 N–H and O–H groups in total. The molecule has 0 amide bonds. The molecule has 0 aliphatic heterocycles. The van der Waals surface area contributed by atoms with E-state index in [1.807, 2.05) is 12.1 Å². The zero-order valence-corrected chi connectivity index (χ0v) is 23.7. The summed E-state index contributed by atoms with van der Waals surface area (Å²) in [5.74, 6) is 6.88. The van der Waals surface area contributed by atoms with Crippen LogP contribution in [0.25, 0.3) is 16.8 Å². The van der Waals surface area contributed by atoms with Crippen molar-refractivity contribution in [2.45, 2.75) is 36.3 Å². The molecule has 1 heterocycles. The van der Waals surface area contributed by atoms with E-state index >= 15 is 0 Å². The number of halogens is 4. The van der Waals surface area contributed by atoms with Gasteiger partial charge in [0.2, 0.25) is 0 Å². The van der Waals surface area contributed by atoms with Crippen molar-refractivity contribution in [3.05, 3.63) is 107 Å². The third kappa shape index (κ3) is 5.44. The van der Waals surface area contributed by atoms with Crippen LogP contribution in [-0.4, -0.2) is 24.2 Å². The Bertz CT molecular complexity index is 1760. The van der Waals surface area contributed by atoms with Crippen molar-refractivity contribution in [2.75, 3.05) is 11.3 Å². The lowest BCUT2D eigenvalue weighted by Crippen LogP contribution is -2.37. The maximum absolute atomic E-state index is 13.5. The van der Waals surface area contributed by atoms with E-state index < -0.39 is 27.1 Å². The molecule has 7 nitrogen and oxygen atoms in total. The predicted octanol–water partition coefficient (Wildman–Crippen LogP) is 6.14. The fourth-order valence-corrected chi connectivity index (χ4v) is 5.84. The first kappa shape index (κ1) is 28.7. The van der Waals surface area contributed by atoms with Gasteiger partial charge in [-0.15, -0.1) is 0 Å². The van der Waals surface area contributed by atoms with Crippen LogP contribution < -0.4 is 16.6 Å². The standard InChI is InChI=1S/C29H27ClF3N5O2S/c1-18-36-26(29(31,32)33)17-37(18)24-11-6-20(19-4-3-5-23(14-19)41(2,39)40)15-25(24)38(35)27(16-34)28(12-13-28)21-7-9-22(30)10-8-21/h3-11,14-17H,12-13,34-35H2,1-2H3/b27-16-. The quantitative estimate of drug-likeness (QED) is 0.195. The van der Waals surface area contributed by atoms with Gasteiger partial charge in [0.05, 0.1) is 22.0 Å². The van der Waals surface area contributed by atoms with E-state index in [1.165, 1.54) is 34.8 Å². The van der Waals surface area contributed by atoms with Crippen LogP contribution >= 0.6 is 11.6 Å². The first-order chi connectivity index (χ1) is 19.2. The largest absolute Gasteiger partial charge is 0.434 e. The smallest absolute Gasteiger partial charge is 0.403 e. The van der Waals surface area contributed by atoms with Crippen molar-refractivity contribution in [3.63, 3.8) is 0 Å². The molecule has 1 saturated carbocycles. The lowest BCUT2D eigenvalue weighted by molar-refractivity contribution is -0.141. The van der Waals surface area contributed by atoms with E-state index in [0.29, 0.717) is 33.2 Å². The number of hydrazine groups is 1. The summed E-state index contributed by atoms with van der Waals surface area (Å²) >= 11 is 6.11. The van der Waals surface area contributed by atoms with Crippen LogP contribution in [0.5, 0.6) is 0 Å². The maximum Gasteiger partial charge on any atom is 0.434 e. The lowest BCUT2D eigenvalue weighted by Gasteiger charge is -2.31. The second kappa shape index (κ2) is 10.2. The first-order valence-electron chi connectivity index (χ1n) is 12.6. The van der Waals surface area contributed by atoms with Gasteiger partial charge in [0.1, 0.15) is 5.82 Å². The van der Waals surface area contributed by atoms with Crippen molar-refractivity contribution in [2.24, 2.45) is 11.6 Å². The Balaban J connectivity index is 1.68. The highest BCUT2D eigenvalue weighted by Gasteiger charge is 2.50. The minimum Gasteiger partial charge on any atom is -0.403 e. The SMILES string of the molecule is Cc1nc(C(F)(F)F)cn1-c1ccc(-c2cccc(S(C)(=O)=O)c2)cc1N(N)/C(=C\N)C1(c2ccc(Cl)cc2)CC1. The van der Waals surface area contributed by atoms with Gasteiger partial charge in [-0.2, -0.15) is 13.2 Å². The summed E-state index contributed by atoms with van der Waals surface area (Å²) in [5.41, 5.74) is 7.98. The molecular weight excluding hydrogens is 575 g/mol. The molecule has 0 unspecified atom stereocenters. The molecule has 1 aromatic heterocycles. The van der Waals surface area contributed by atoms with E-state index in [0.717, 1.165) is 30.9 Å². The van der Waals surface area contributed by atoms with Gasteiger partial charge in [-0.1, -0.05) is 41.9 Å². The molecule has 1 aliphatic rings. The number of imidazole rings is 1. The molecule has 0 atom stereocenters. The van der Waals surface area contributed by atoms with Gasteiger partial charge in [0, 0.05) is 29.1 Å². The topological polar surface area (TPSA) is 107 Å². The lowest BCUT2D eigenvalue weighted by atomic mass is 9.91. The van der Waals surface area contributed by atoms with E-state index in [9.17, 15) is 21.6 Å². The van der Waals surface area contributed by atoms with Crippen LogP contribution in [0.3, 0.4) is 0 Å². The van der Waals surface area contributed by atoms with Gasteiger partial charge in [-0.25, -0.2) is 19.2 Å². The van der Waals surface area contributed by atoms with Gasteiger partial charge in [0.25, 0.3) is 0 Å². The summed E-state index contributed by atoms with van der Waals surface area (Å²) < 4.78 is 66.3. The first-order valence-corrected chi connectivity index (χ1v) is 14.8. The van der Waals surface area contributed by atoms with Crippen LogP contribution in [-0.2, 0) is 21.4 Å². The van der Waals surface area contributed by atoms with Crippen LogP contribution in [0.15, 0.2) is 89.7 Å². The third-order valence-electron chi connectivity index (χ3n) is 7.32. The summed E-state index contributed by atoms with van der Waals surface area (Å²) in [5, 5.41) is 1.96. The summed E-state index contributed by atoms with van der Waals surface area (Å²) in [6.07, 6.45) is 0.304. The Labute approximate surface area is 240 Å². The number of alkyl halides is 3. The number of hydrogen-bond donors (Lipinski definition) is 2. The number of allylic oxidation sites excluding steroid dienone is 1. The van der Waals surface area contributed by atoms with E-state index in [-0.39, 0.29) is 10.7 Å². The third-order valence-corrected chi connectivity index (χ3v) is 8.68. The molecule has 4 aromatic rings. The number of nitrogens with zero attached hydrogens (tertiary/aromatic N) is 3. The number of sulfone groups is 1. The molecule has 0 bridgehead atoms. The van der Waals surface area contributed by atoms with Crippen LogP contribution in [0.4, 0.5) is 18.9 Å². The fourth-order valence-electron chi connectivity index (χ4n) is 5.05. The molecule has 0 radical (unpaired) electrons. The van der Waals surface area contributed by atoms with Gasteiger partial charge >= 0.3 is 6.18 Å². The molecule has 0 saturated heterocycles. The fraction of sp³-hybridized carbons (Fsp3) is 0.207. The number of hydrogen-bond acceptors (Lipinski definition) is 6. The van der Waals surface area contributed by atoms with Crippen molar-refractivity contribution in [1.82, 2.24) is 9.55 Å². The molecule has 1 aliphatic carbocycles. The van der Waals surface area contributed by atoms with E-state index in [1.54, 1.807) is 42.5 Å². The highest BCUT2D eigenvalue weighted by atomic mass is 35.5. The van der Waals surface area contributed by atoms with Crippen molar-refractivity contribution in [1.29, 1.82) is 0 Å². The van der Waals surface area contributed by atoms with E-state index in [4.69, 9.17) is 23.2 Å². The van der Waals surface area contributed by atoms with Gasteiger partial charge in [-0.05, 0) is 72.9 Å². The molecule has 214 valence electrons. The van der Waals surface area contributed by atoms with Crippen molar-refractivity contribution < 1.29 is 21.6 Å². The molecule has 12 heteroatoms. The molecular formula is C29H27ClF3N5O2S. The monoisotopic (exact) mass is 601 g/mol. The minimum absolute atomic E-state index is 0.107. The molecule has 0 spiro atoms. The number of aromatic nitrogens is 2. The van der Waals surface area contributed by atoms with Gasteiger partial charge in [0.15, 0.2) is 15.5 Å². The summed E-state index contributed by atoms with van der Waals surface area (Å²) in [7, 11) is -3.48. The summed E-state index contributed by atoms with van der Waals surface area (Å²) in [4.78, 5) is 3.85. The number of rotatable bonds is 7.